The summed E-state index contributed by atoms with van der Waals surface area (Å²) >= 11 is 0. The van der Waals surface area contributed by atoms with Crippen LogP contribution in [0.4, 0.5) is 0 Å². The maximum Gasteiger partial charge on any atom is 0.303 e. The van der Waals surface area contributed by atoms with Gasteiger partial charge in [0.1, 0.15) is 0 Å². The van der Waals surface area contributed by atoms with Gasteiger partial charge in [-0.05, 0) is 24.7 Å². The van der Waals surface area contributed by atoms with Gasteiger partial charge in [0.2, 0.25) is 0 Å². The fourth-order valence-corrected chi connectivity index (χ4v) is 3.86. The van der Waals surface area contributed by atoms with Crippen molar-refractivity contribution in [2.24, 2.45) is 5.41 Å². The Morgan fingerprint density at radius 2 is 2.06 bits per heavy atom. The average molecular weight is 250 g/mol. The van der Waals surface area contributed by atoms with Gasteiger partial charge in [-0.3, -0.25) is 4.79 Å². The first-order valence-electron chi connectivity index (χ1n) is 5.30. The molecule has 94 valence electrons. The third-order valence-electron chi connectivity index (χ3n) is 2.81. The maximum absolute atomic E-state index is 11.7. The summed E-state index contributed by atoms with van der Waals surface area (Å²) in [5, 5.41) is 8.69. The number of sulfone groups is 1. The van der Waals surface area contributed by atoms with Gasteiger partial charge in [0.25, 0.3) is 0 Å². The van der Waals surface area contributed by atoms with E-state index in [1.165, 1.54) is 7.11 Å². The van der Waals surface area contributed by atoms with Crippen molar-refractivity contribution >= 4 is 15.8 Å². The Labute approximate surface area is 95.7 Å². The number of ether oxygens (including phenoxy) is 1. The Bertz CT molecular complexity index is 342. The van der Waals surface area contributed by atoms with Crippen molar-refractivity contribution in [3.8, 4) is 0 Å². The molecule has 0 aromatic heterocycles. The van der Waals surface area contributed by atoms with E-state index in [1.54, 1.807) is 0 Å². The minimum Gasteiger partial charge on any atom is -0.481 e. The van der Waals surface area contributed by atoms with Crippen molar-refractivity contribution in [1.82, 2.24) is 0 Å². The average Bonchev–Trinajstić information content (AvgIpc) is 2.82. The lowest BCUT2D eigenvalue weighted by Crippen LogP contribution is -2.23. The zero-order chi connectivity index (χ0) is 12.2. The van der Waals surface area contributed by atoms with Crippen molar-refractivity contribution in [3.05, 3.63) is 0 Å². The Morgan fingerprint density at radius 1 is 1.44 bits per heavy atom. The first kappa shape index (κ1) is 13.4. The summed E-state index contributed by atoms with van der Waals surface area (Å²) in [6, 6.07) is 0. The molecule has 0 unspecified atom stereocenters. The number of carboxylic acid groups (broad SMARTS) is 1. The second kappa shape index (κ2) is 5.14. The molecule has 6 heteroatoms. The SMILES string of the molecule is COCCCS(=O)(=O)CC1(CC(=O)O)CC1. The largest absolute Gasteiger partial charge is 0.481 e. The van der Waals surface area contributed by atoms with E-state index in [2.05, 4.69) is 0 Å². The monoisotopic (exact) mass is 250 g/mol. The third kappa shape index (κ3) is 4.49. The van der Waals surface area contributed by atoms with Crippen LogP contribution in [0.5, 0.6) is 0 Å². The lowest BCUT2D eigenvalue weighted by Gasteiger charge is -2.12. The van der Waals surface area contributed by atoms with E-state index in [4.69, 9.17) is 9.84 Å². The van der Waals surface area contributed by atoms with Gasteiger partial charge in [-0.2, -0.15) is 0 Å². The Hall–Kier alpha value is -0.620. The topological polar surface area (TPSA) is 80.7 Å². The molecule has 0 saturated heterocycles. The summed E-state index contributed by atoms with van der Waals surface area (Å²) in [6.45, 7) is 0.422. The Kier molecular flexibility index (Phi) is 4.32. The lowest BCUT2D eigenvalue weighted by molar-refractivity contribution is -0.138. The van der Waals surface area contributed by atoms with E-state index >= 15 is 0 Å². The predicted octanol–water partition coefficient (Wildman–Crippen LogP) is 0.693. The van der Waals surface area contributed by atoms with Crippen LogP contribution >= 0.6 is 0 Å². The van der Waals surface area contributed by atoms with Crippen LogP contribution in [0.1, 0.15) is 25.7 Å². The van der Waals surface area contributed by atoms with E-state index in [1.807, 2.05) is 0 Å². The summed E-state index contributed by atoms with van der Waals surface area (Å²) in [6.07, 6.45) is 1.87. The predicted molar refractivity (Wildman–Crippen MR) is 59.1 cm³/mol. The van der Waals surface area contributed by atoms with Crippen molar-refractivity contribution in [1.29, 1.82) is 0 Å². The van der Waals surface area contributed by atoms with Crippen LogP contribution in [0.15, 0.2) is 0 Å². The van der Waals surface area contributed by atoms with Gasteiger partial charge < -0.3 is 9.84 Å². The molecule has 0 bridgehead atoms. The first-order valence-corrected chi connectivity index (χ1v) is 7.12. The fourth-order valence-electron chi connectivity index (χ4n) is 1.83. The molecule has 1 rings (SSSR count). The number of aliphatic carboxylic acids is 1. The van der Waals surface area contributed by atoms with E-state index in [-0.39, 0.29) is 17.9 Å². The number of hydrogen-bond donors (Lipinski definition) is 1. The fraction of sp³-hybridized carbons (Fsp3) is 0.900. The summed E-state index contributed by atoms with van der Waals surface area (Å²) in [7, 11) is -1.61. The first-order chi connectivity index (χ1) is 7.39. The summed E-state index contributed by atoms with van der Waals surface area (Å²) in [5.74, 6) is -0.817. The van der Waals surface area contributed by atoms with E-state index < -0.39 is 21.2 Å². The molecule has 0 aromatic rings. The number of hydrogen-bond acceptors (Lipinski definition) is 4. The number of carbonyl (C=O) groups is 1. The van der Waals surface area contributed by atoms with Crippen LogP contribution in [-0.4, -0.2) is 44.7 Å². The molecule has 1 aliphatic rings. The molecular weight excluding hydrogens is 232 g/mol. The van der Waals surface area contributed by atoms with E-state index in [0.29, 0.717) is 25.9 Å². The highest BCUT2D eigenvalue weighted by molar-refractivity contribution is 7.91. The molecule has 0 aromatic carbocycles. The van der Waals surface area contributed by atoms with E-state index in [0.717, 1.165) is 0 Å². The third-order valence-corrected chi connectivity index (χ3v) is 4.78. The second-order valence-electron chi connectivity index (χ2n) is 4.51. The zero-order valence-corrected chi connectivity index (χ0v) is 10.3. The van der Waals surface area contributed by atoms with Crippen LogP contribution < -0.4 is 0 Å². The van der Waals surface area contributed by atoms with Crippen molar-refractivity contribution in [3.63, 3.8) is 0 Å². The van der Waals surface area contributed by atoms with Gasteiger partial charge in [0.15, 0.2) is 9.84 Å². The highest BCUT2D eigenvalue weighted by atomic mass is 32.2. The molecule has 16 heavy (non-hydrogen) atoms. The number of methoxy groups -OCH3 is 1. The summed E-state index contributed by atoms with van der Waals surface area (Å²) in [5.41, 5.74) is -0.474. The van der Waals surface area contributed by atoms with Gasteiger partial charge >= 0.3 is 5.97 Å². The summed E-state index contributed by atoms with van der Waals surface area (Å²) < 4.78 is 28.2. The van der Waals surface area contributed by atoms with Crippen molar-refractivity contribution in [2.45, 2.75) is 25.7 Å². The molecule has 1 N–H and O–H groups in total. The van der Waals surface area contributed by atoms with E-state index in [9.17, 15) is 13.2 Å². The minimum absolute atomic E-state index is 0.00993. The van der Waals surface area contributed by atoms with Crippen LogP contribution in [-0.2, 0) is 19.4 Å². The van der Waals surface area contributed by atoms with Gasteiger partial charge in [0.05, 0.1) is 17.9 Å². The highest BCUT2D eigenvalue weighted by Gasteiger charge is 2.47. The second-order valence-corrected chi connectivity index (χ2v) is 6.69. The zero-order valence-electron chi connectivity index (χ0n) is 9.44. The molecule has 5 nitrogen and oxygen atoms in total. The van der Waals surface area contributed by atoms with Crippen molar-refractivity contribution < 1.29 is 23.1 Å². The smallest absolute Gasteiger partial charge is 0.303 e. The molecule has 0 spiro atoms. The van der Waals surface area contributed by atoms with Gasteiger partial charge in [-0.25, -0.2) is 8.42 Å². The molecule has 1 fully saturated rings. The molecule has 0 amide bonds. The lowest BCUT2D eigenvalue weighted by atomic mass is 10.1. The quantitative estimate of drug-likeness (QED) is 0.641. The number of carboxylic acids is 1. The van der Waals surface area contributed by atoms with Gasteiger partial charge in [-0.1, -0.05) is 0 Å². The normalized spacial score (nSPS) is 18.3. The van der Waals surface area contributed by atoms with Crippen LogP contribution in [0, 0.1) is 5.41 Å². The standard InChI is InChI=1S/C10H18O5S/c1-15-5-2-6-16(13,14)8-10(3-4-10)7-9(11)12/h2-8H2,1H3,(H,11,12). The van der Waals surface area contributed by atoms with Crippen LogP contribution in [0.25, 0.3) is 0 Å². The highest BCUT2D eigenvalue weighted by Crippen LogP contribution is 2.49. The molecule has 0 radical (unpaired) electrons. The molecule has 0 heterocycles. The molecular formula is C10H18O5S. The summed E-state index contributed by atoms with van der Waals surface area (Å²) in [4.78, 5) is 10.6. The number of rotatable bonds is 8. The van der Waals surface area contributed by atoms with Gasteiger partial charge in [-0.15, -0.1) is 0 Å². The molecule has 0 aliphatic heterocycles. The minimum atomic E-state index is -3.14. The van der Waals surface area contributed by atoms with Crippen LogP contribution in [0.3, 0.4) is 0 Å². The maximum atomic E-state index is 11.7. The molecule has 0 atom stereocenters. The molecule has 1 saturated carbocycles. The Balaban J connectivity index is 2.43. The Morgan fingerprint density at radius 3 is 2.50 bits per heavy atom. The van der Waals surface area contributed by atoms with Crippen LogP contribution in [0.2, 0.25) is 0 Å². The van der Waals surface area contributed by atoms with Gasteiger partial charge in [0, 0.05) is 13.7 Å². The molecule has 1 aliphatic carbocycles. The van der Waals surface area contributed by atoms with Crippen molar-refractivity contribution in [2.75, 3.05) is 25.2 Å².